The molecule has 0 heterocycles. The summed E-state index contributed by atoms with van der Waals surface area (Å²) in [7, 11) is 0. The van der Waals surface area contributed by atoms with Gasteiger partial charge in [-0.05, 0) is 18.6 Å². The zero-order valence-corrected chi connectivity index (χ0v) is 5.65. The summed E-state index contributed by atoms with van der Waals surface area (Å²) in [5, 5.41) is 0. The van der Waals surface area contributed by atoms with E-state index in [4.69, 9.17) is 0 Å². The SMILES string of the molecule is [CH2]c1ccc(C(F)F)c(F)c1. The van der Waals surface area contributed by atoms with Crippen molar-refractivity contribution in [3.63, 3.8) is 0 Å². The van der Waals surface area contributed by atoms with Gasteiger partial charge in [-0.15, -0.1) is 0 Å². The van der Waals surface area contributed by atoms with Crippen LogP contribution in [0.2, 0.25) is 0 Å². The van der Waals surface area contributed by atoms with Gasteiger partial charge in [0.2, 0.25) is 0 Å². The van der Waals surface area contributed by atoms with Gasteiger partial charge in [0.15, 0.2) is 0 Å². The lowest BCUT2D eigenvalue weighted by Crippen LogP contribution is -1.90. The molecule has 3 heteroatoms. The number of hydrogen-bond acceptors (Lipinski definition) is 0. The summed E-state index contributed by atoms with van der Waals surface area (Å²) in [6.45, 7) is 3.40. The van der Waals surface area contributed by atoms with Crippen LogP contribution in [0, 0.1) is 12.7 Å². The van der Waals surface area contributed by atoms with Gasteiger partial charge in [0.25, 0.3) is 6.43 Å². The van der Waals surface area contributed by atoms with Crippen molar-refractivity contribution in [1.82, 2.24) is 0 Å². The average Bonchev–Trinajstić information content (AvgIpc) is 1.85. The molecule has 0 unspecified atom stereocenters. The fraction of sp³-hybridized carbons (Fsp3) is 0.125. The first-order valence-electron chi connectivity index (χ1n) is 3.01. The minimum Gasteiger partial charge on any atom is -0.206 e. The molecule has 1 radical (unpaired) electrons. The van der Waals surface area contributed by atoms with Crippen molar-refractivity contribution in [3.05, 3.63) is 42.1 Å². The molecule has 0 aromatic heterocycles. The normalized spacial score (nSPS) is 10.6. The maximum absolute atomic E-state index is 12.6. The Morgan fingerprint density at radius 1 is 1.27 bits per heavy atom. The van der Waals surface area contributed by atoms with Gasteiger partial charge in [0.05, 0.1) is 5.56 Å². The van der Waals surface area contributed by atoms with Gasteiger partial charge in [-0.1, -0.05) is 12.1 Å². The highest BCUT2D eigenvalue weighted by Gasteiger charge is 2.11. The molecule has 0 nitrogen and oxygen atoms in total. The highest BCUT2D eigenvalue weighted by molar-refractivity contribution is 5.26. The molecular formula is C8H6F3. The molecule has 0 fully saturated rings. The first-order chi connectivity index (χ1) is 5.11. The lowest BCUT2D eigenvalue weighted by atomic mass is 10.1. The lowest BCUT2D eigenvalue weighted by Gasteiger charge is -2.00. The van der Waals surface area contributed by atoms with Gasteiger partial charge in [-0.3, -0.25) is 0 Å². The fourth-order valence-electron chi connectivity index (χ4n) is 0.748. The second-order valence-corrected chi connectivity index (χ2v) is 2.16. The smallest absolute Gasteiger partial charge is 0.206 e. The number of halogens is 3. The average molecular weight is 159 g/mol. The Morgan fingerprint density at radius 3 is 2.36 bits per heavy atom. The van der Waals surface area contributed by atoms with E-state index in [1.165, 1.54) is 6.07 Å². The van der Waals surface area contributed by atoms with Crippen molar-refractivity contribution in [2.75, 3.05) is 0 Å². The Kier molecular flexibility index (Phi) is 2.17. The van der Waals surface area contributed by atoms with Crippen LogP contribution < -0.4 is 0 Å². The van der Waals surface area contributed by atoms with Gasteiger partial charge in [0, 0.05) is 0 Å². The highest BCUT2D eigenvalue weighted by atomic mass is 19.3. The summed E-state index contributed by atoms with van der Waals surface area (Å²) in [6, 6.07) is 3.38. The Morgan fingerprint density at radius 2 is 1.91 bits per heavy atom. The molecule has 0 saturated heterocycles. The predicted molar refractivity (Wildman–Crippen MR) is 35.8 cm³/mol. The van der Waals surface area contributed by atoms with E-state index in [9.17, 15) is 13.2 Å². The molecule has 0 saturated carbocycles. The van der Waals surface area contributed by atoms with E-state index in [1.807, 2.05) is 0 Å². The third-order valence-electron chi connectivity index (χ3n) is 1.30. The van der Waals surface area contributed by atoms with Crippen molar-refractivity contribution >= 4 is 0 Å². The minimum absolute atomic E-state index is 0.395. The van der Waals surface area contributed by atoms with Crippen molar-refractivity contribution in [3.8, 4) is 0 Å². The summed E-state index contributed by atoms with van der Waals surface area (Å²) in [5.74, 6) is -0.896. The summed E-state index contributed by atoms with van der Waals surface area (Å²) < 4.78 is 36.4. The van der Waals surface area contributed by atoms with Crippen molar-refractivity contribution in [2.24, 2.45) is 0 Å². The van der Waals surface area contributed by atoms with Gasteiger partial charge < -0.3 is 0 Å². The molecule has 0 N–H and O–H groups in total. The lowest BCUT2D eigenvalue weighted by molar-refractivity contribution is 0.146. The molecule has 1 aromatic rings. The van der Waals surface area contributed by atoms with Crippen molar-refractivity contribution in [1.29, 1.82) is 0 Å². The molecule has 0 atom stereocenters. The van der Waals surface area contributed by atoms with Crippen LogP contribution >= 0.6 is 0 Å². The van der Waals surface area contributed by atoms with Gasteiger partial charge in [0.1, 0.15) is 5.82 Å². The molecule has 11 heavy (non-hydrogen) atoms. The molecule has 0 aliphatic carbocycles. The highest BCUT2D eigenvalue weighted by Crippen LogP contribution is 2.22. The second-order valence-electron chi connectivity index (χ2n) is 2.16. The van der Waals surface area contributed by atoms with E-state index in [1.54, 1.807) is 0 Å². The van der Waals surface area contributed by atoms with Gasteiger partial charge in [-0.25, -0.2) is 13.2 Å². The largest absolute Gasteiger partial charge is 0.266 e. The van der Waals surface area contributed by atoms with Gasteiger partial charge >= 0.3 is 0 Å². The maximum Gasteiger partial charge on any atom is 0.266 e. The Balaban J connectivity index is 3.09. The van der Waals surface area contributed by atoms with E-state index in [-0.39, 0.29) is 0 Å². The monoisotopic (exact) mass is 159 g/mol. The molecule has 0 spiro atoms. The topological polar surface area (TPSA) is 0 Å². The van der Waals surface area contributed by atoms with E-state index < -0.39 is 17.8 Å². The molecule has 1 rings (SSSR count). The van der Waals surface area contributed by atoms with Crippen LogP contribution in [0.4, 0.5) is 13.2 Å². The molecule has 59 valence electrons. The zero-order chi connectivity index (χ0) is 8.43. The molecule has 0 aliphatic heterocycles. The number of hydrogen-bond donors (Lipinski definition) is 0. The van der Waals surface area contributed by atoms with Crippen molar-refractivity contribution in [2.45, 2.75) is 6.43 Å². The number of benzene rings is 1. The summed E-state index contributed by atoms with van der Waals surface area (Å²) in [6.07, 6.45) is -2.75. The van der Waals surface area contributed by atoms with Crippen LogP contribution in [0.15, 0.2) is 18.2 Å². The van der Waals surface area contributed by atoms with E-state index in [0.29, 0.717) is 5.56 Å². The van der Waals surface area contributed by atoms with Crippen LogP contribution in [0.5, 0.6) is 0 Å². The molecular weight excluding hydrogens is 153 g/mol. The third-order valence-corrected chi connectivity index (χ3v) is 1.30. The Labute approximate surface area is 62.7 Å². The van der Waals surface area contributed by atoms with E-state index in [2.05, 4.69) is 6.92 Å². The summed E-state index contributed by atoms with van der Waals surface area (Å²) >= 11 is 0. The first-order valence-corrected chi connectivity index (χ1v) is 3.01. The second kappa shape index (κ2) is 2.95. The third kappa shape index (κ3) is 1.73. The molecule has 1 aromatic carbocycles. The number of alkyl halides is 2. The molecule has 0 bridgehead atoms. The van der Waals surface area contributed by atoms with Crippen LogP contribution in [0.1, 0.15) is 17.6 Å². The number of rotatable bonds is 1. The van der Waals surface area contributed by atoms with Crippen LogP contribution in [0.25, 0.3) is 0 Å². The standard InChI is InChI=1S/C8H6F3/c1-5-2-3-6(8(10)11)7(9)4-5/h2-4,8H,1H2. The van der Waals surface area contributed by atoms with E-state index in [0.717, 1.165) is 12.1 Å². The Hall–Kier alpha value is -0.990. The van der Waals surface area contributed by atoms with Gasteiger partial charge in [-0.2, -0.15) is 0 Å². The summed E-state index contributed by atoms with van der Waals surface area (Å²) in [5.41, 5.74) is -0.177. The Bertz CT molecular complexity index is 256. The molecule has 0 amide bonds. The van der Waals surface area contributed by atoms with Crippen LogP contribution in [-0.4, -0.2) is 0 Å². The minimum atomic E-state index is -2.75. The maximum atomic E-state index is 12.6. The van der Waals surface area contributed by atoms with Crippen molar-refractivity contribution < 1.29 is 13.2 Å². The molecule has 0 aliphatic rings. The van der Waals surface area contributed by atoms with Crippen LogP contribution in [0.3, 0.4) is 0 Å². The fourth-order valence-corrected chi connectivity index (χ4v) is 0.748. The quantitative estimate of drug-likeness (QED) is 0.591. The summed E-state index contributed by atoms with van der Waals surface area (Å²) in [4.78, 5) is 0. The predicted octanol–water partition coefficient (Wildman–Crippen LogP) is 2.95. The van der Waals surface area contributed by atoms with Crippen LogP contribution in [-0.2, 0) is 0 Å². The zero-order valence-electron chi connectivity index (χ0n) is 5.65. The first kappa shape index (κ1) is 8.11. The van der Waals surface area contributed by atoms with E-state index >= 15 is 0 Å².